The summed E-state index contributed by atoms with van der Waals surface area (Å²) < 4.78 is 117. The summed E-state index contributed by atoms with van der Waals surface area (Å²) in [6, 6.07) is 0. The molecule has 245 valence electrons. The Morgan fingerprint density at radius 2 is 0.229 bits per heavy atom. The van der Waals surface area contributed by atoms with Gasteiger partial charge in [-0.05, 0) is 0 Å². The molecule has 0 aliphatic rings. The first-order valence-electron chi connectivity index (χ1n) is 2.91. The average Bonchev–Trinajstić information content (AvgIpc) is 1.94. The Morgan fingerprint density at radius 1 is 0.229 bits per heavy atom. The number of halogens is 5. The van der Waals surface area contributed by atoms with Crippen LogP contribution in [0.3, 0.4) is 0 Å². The molecule has 0 fully saturated rings. The molecular weight excluding hydrogens is 1080 g/mol. The fourth-order valence-corrected chi connectivity index (χ4v) is 0. The van der Waals surface area contributed by atoms with E-state index in [1.807, 2.05) is 0 Å². The van der Waals surface area contributed by atoms with Gasteiger partial charge in [-0.15, -0.1) is 0 Å². The molecule has 0 saturated carbocycles. The van der Waals surface area contributed by atoms with Crippen LogP contribution in [0.5, 0.6) is 0 Å². The van der Waals surface area contributed by atoms with Crippen LogP contribution in [0.15, 0.2) is 0 Å². The Hall–Kier alpha value is 1.94. The molecule has 0 unspecified atom stereocenters. The molecule has 25 nitrogen and oxygen atoms in total. The van der Waals surface area contributed by atoms with Crippen molar-refractivity contribution in [1.29, 1.82) is 0 Å². The van der Waals surface area contributed by atoms with Crippen LogP contribution in [0.2, 0.25) is 0 Å². The van der Waals surface area contributed by atoms with Crippen molar-refractivity contribution in [3.8, 4) is 0 Å². The van der Waals surface area contributed by atoms with Gasteiger partial charge in [0.15, 0.2) is 0 Å². The van der Waals surface area contributed by atoms with Crippen molar-refractivity contribution in [3.05, 3.63) is 0 Å². The van der Waals surface area contributed by atoms with E-state index >= 15 is 0 Å². The third-order valence-corrected chi connectivity index (χ3v) is 0. The summed E-state index contributed by atoms with van der Waals surface area (Å²) in [6.07, 6.45) is 0. The molecule has 35 heavy (non-hydrogen) atoms. The zero-order valence-corrected chi connectivity index (χ0v) is 30.6. The fourth-order valence-electron chi connectivity index (χ4n) is 0. The third-order valence-electron chi connectivity index (χ3n) is 0. The van der Waals surface area contributed by atoms with Gasteiger partial charge in [0.2, 0.25) is 0 Å². The van der Waals surface area contributed by atoms with E-state index in [2.05, 4.69) is 0 Å². The van der Waals surface area contributed by atoms with Crippen LogP contribution in [-0.4, -0.2) is 139 Å². The Morgan fingerprint density at radius 3 is 0.229 bits per heavy atom. The molecule has 0 rings (SSSR count). The van der Waals surface area contributed by atoms with Gasteiger partial charge in [0.05, 0.1) is 0 Å². The van der Waals surface area contributed by atoms with E-state index in [-0.39, 0.29) is 85.0 Å². The quantitative estimate of drug-likeness (QED) is 0.0794. The van der Waals surface area contributed by atoms with E-state index in [1.165, 1.54) is 0 Å². The van der Waals surface area contributed by atoms with Gasteiger partial charge in [-0.2, -0.15) is 0 Å². The van der Waals surface area contributed by atoms with Crippen LogP contribution in [0, 0.1) is 0 Å². The van der Waals surface area contributed by atoms with Gasteiger partial charge in [0.1, 0.15) is 0 Å². The van der Waals surface area contributed by atoms with Gasteiger partial charge in [0, 0.05) is 0 Å². The van der Waals surface area contributed by atoms with Crippen LogP contribution in [0.1, 0.15) is 0 Å². The molecular formula is H45F5N10O15Sb5. The zero-order chi connectivity index (χ0) is 17.9. The van der Waals surface area contributed by atoms with Crippen LogP contribution in [-0.2, 0) is 15.1 Å². The second-order valence-electron chi connectivity index (χ2n) is 1.26. The molecule has 0 aliphatic carbocycles. The summed E-state index contributed by atoms with van der Waals surface area (Å²) in [5.74, 6) is 0. The molecule has 0 atom stereocenters. The van der Waals surface area contributed by atoms with Crippen LogP contribution < -0.4 is 61.5 Å². The summed E-state index contributed by atoms with van der Waals surface area (Å²) in [4.78, 5) is 0. The van der Waals surface area contributed by atoms with E-state index in [1.54, 1.807) is 0 Å². The molecule has 0 bridgehead atoms. The van der Waals surface area contributed by atoms with E-state index in [9.17, 15) is 0 Å². The van der Waals surface area contributed by atoms with Crippen molar-refractivity contribution < 1.29 is 72.5 Å². The Labute approximate surface area is 236 Å². The standard InChI is InChI=1S/5FH.10H3N.10H2O.5O.5Sb/h5*1H;10*1H3;10*1H2;;;;;;;;;;/q;;;;;;;;;;;;;;;;;;;;;;;;;;;;;;5*+2/p-10. The first kappa shape index (κ1) is 166. The second kappa shape index (κ2) is 153. The number of hydrogen-bond donors (Lipinski definition) is 20. The molecule has 0 saturated heterocycles. The van der Waals surface area contributed by atoms with Gasteiger partial charge >= 0.3 is 154 Å². The summed E-state index contributed by atoms with van der Waals surface area (Å²) in [5, 5.41) is 0. The van der Waals surface area contributed by atoms with Gasteiger partial charge < -0.3 is 61.5 Å². The predicted octanol–water partition coefficient (Wildman–Crippen LogP) is -5.69. The van der Waals surface area contributed by atoms with Crippen LogP contribution >= 0.6 is 0 Å². The summed E-state index contributed by atoms with van der Waals surface area (Å²) in [5.41, 5.74) is 0. The Balaban J connectivity index is -0.00000000403. The van der Waals surface area contributed by atoms with Gasteiger partial charge in [-0.1, -0.05) is 0 Å². The molecule has 5 radical (unpaired) electrons. The topological polar surface area (TPSA) is 638 Å². The molecule has 0 aromatic carbocycles. The normalized spacial score (nSPS) is 3.71. The fraction of sp³-hybridized carbons (Fsp3) is 0. The van der Waals surface area contributed by atoms with Crippen molar-refractivity contribution in [1.82, 2.24) is 61.5 Å². The maximum atomic E-state index is 8.82. The van der Waals surface area contributed by atoms with Crippen molar-refractivity contribution in [3.63, 3.8) is 0 Å². The Kier molecular flexibility index (Phi) is 726. The summed E-state index contributed by atoms with van der Waals surface area (Å²) >= 11 is -18.5. The molecule has 0 heterocycles. The van der Waals surface area contributed by atoms with Gasteiger partial charge in [-0.3, -0.25) is 23.5 Å². The predicted molar refractivity (Wildman–Crippen MR) is 117 cm³/mol. The molecule has 40 N–H and O–H groups in total. The number of hydrogen-bond acceptors (Lipinski definition) is 15. The van der Waals surface area contributed by atoms with Crippen LogP contribution in [0.25, 0.3) is 0 Å². The van der Waals surface area contributed by atoms with E-state index in [4.69, 9.17) is 48.9 Å². The van der Waals surface area contributed by atoms with E-state index in [0.29, 0.717) is 0 Å². The molecule has 0 spiro atoms. The van der Waals surface area contributed by atoms with Crippen molar-refractivity contribution >= 4 is 105 Å². The van der Waals surface area contributed by atoms with Crippen molar-refractivity contribution in [2.45, 2.75) is 0 Å². The van der Waals surface area contributed by atoms with Crippen LogP contribution in [0.4, 0.5) is 23.5 Å². The minimum absolute atomic E-state index is 0. The maximum absolute atomic E-state index is 8.82. The monoisotopic (exact) mass is 1120 g/mol. The molecule has 35 heteroatoms. The third kappa shape index (κ3) is 11000. The summed E-state index contributed by atoms with van der Waals surface area (Å²) in [7, 11) is 0. The van der Waals surface area contributed by atoms with E-state index in [0.717, 1.165) is 0 Å². The molecule has 0 amide bonds. The minimum atomic E-state index is -3.70. The first-order chi connectivity index (χ1) is 8.66. The summed E-state index contributed by atoms with van der Waals surface area (Å²) in [6.45, 7) is 0. The van der Waals surface area contributed by atoms with E-state index < -0.39 is 105 Å². The van der Waals surface area contributed by atoms with Gasteiger partial charge in [0.25, 0.3) is 0 Å². The first-order valence-corrected chi connectivity index (χ1v) is 19.5. The average molecular weight is 1130 g/mol. The molecule has 0 aromatic heterocycles. The molecule has 0 aliphatic heterocycles. The zero-order valence-electron chi connectivity index (χ0n) is 17.9. The second-order valence-corrected chi connectivity index (χ2v) is 8.48. The van der Waals surface area contributed by atoms with Crippen molar-refractivity contribution in [2.75, 3.05) is 0 Å². The number of rotatable bonds is 0. The SMILES string of the molecule is F.F.F.F.F.N.N.N.N.N.N.N.N.N.N.[O]=[Sb]([OH])[OH].[O]=[Sb]([OH])[OH].[O]=[Sb]([OH])[OH].[O]=[Sb]([OH])[OH].[O]=[Sb]([OH])[OH]. The Bertz CT molecular complexity index is 249. The molecule has 0 aromatic rings. The van der Waals surface area contributed by atoms with Gasteiger partial charge in [-0.25, -0.2) is 0 Å². The van der Waals surface area contributed by atoms with Crippen molar-refractivity contribution in [2.24, 2.45) is 0 Å².